The van der Waals surface area contributed by atoms with Gasteiger partial charge in [0, 0.05) is 31.5 Å². The Balaban J connectivity index is 1.30. The summed E-state index contributed by atoms with van der Waals surface area (Å²) in [4.78, 5) is 29.1. The number of rotatable bonds is 9. The fourth-order valence-electron chi connectivity index (χ4n) is 5.32. The number of nitrogens with one attached hydrogen (secondary N) is 1. The molecule has 2 saturated heterocycles. The lowest BCUT2D eigenvalue weighted by Crippen LogP contribution is -2.39. The molecule has 0 bridgehead atoms. The third-order valence-corrected chi connectivity index (χ3v) is 7.28. The molecule has 2 atom stereocenters. The summed E-state index contributed by atoms with van der Waals surface area (Å²) in [7, 11) is 3.80. The minimum atomic E-state index is -0.0698. The van der Waals surface area contributed by atoms with Gasteiger partial charge in [0.15, 0.2) is 11.5 Å². The minimum Gasteiger partial charge on any atom is -0.493 e. The first-order valence-corrected chi connectivity index (χ1v) is 12.1. The number of hydrogen-bond donors (Lipinski definition) is 1. The highest BCUT2D eigenvalue weighted by atomic mass is 16.5. The maximum Gasteiger partial charge on any atom is 0.239 e. The van der Waals surface area contributed by atoms with E-state index >= 15 is 0 Å². The van der Waals surface area contributed by atoms with Crippen molar-refractivity contribution >= 4 is 11.8 Å². The number of ether oxygens (including phenoxy) is 2. The minimum absolute atomic E-state index is 0.0368. The summed E-state index contributed by atoms with van der Waals surface area (Å²) in [6.45, 7) is 2.50. The molecule has 0 radical (unpaired) electrons. The van der Waals surface area contributed by atoms with Crippen LogP contribution in [0.4, 0.5) is 0 Å². The van der Waals surface area contributed by atoms with Gasteiger partial charge in [-0.05, 0) is 76.2 Å². The summed E-state index contributed by atoms with van der Waals surface area (Å²) < 4.78 is 11.7. The Kier molecular flexibility index (Phi) is 7.55. The second kappa shape index (κ2) is 10.6. The summed E-state index contributed by atoms with van der Waals surface area (Å²) in [5.74, 6) is 1.53. The topological polar surface area (TPSA) is 71.1 Å². The third-order valence-electron chi connectivity index (χ3n) is 7.28. The second-order valence-electron chi connectivity index (χ2n) is 9.53. The van der Waals surface area contributed by atoms with Crippen molar-refractivity contribution in [2.24, 2.45) is 0 Å². The van der Waals surface area contributed by atoms with Gasteiger partial charge in [0.2, 0.25) is 11.8 Å². The number of carbonyl (C=O) groups excluding carboxylic acids is 2. The highest BCUT2D eigenvalue weighted by Gasteiger charge is 2.32. The molecular weight excluding hydrogens is 406 g/mol. The SMILES string of the molecule is COc1ccc(C2CC(=O)N(CC(=O)NCCC3CCCN3C)C2)cc1OC1CCCC1. The molecule has 2 heterocycles. The molecule has 2 amide bonds. The zero-order chi connectivity index (χ0) is 22.5. The van der Waals surface area contributed by atoms with Gasteiger partial charge in [-0.25, -0.2) is 0 Å². The first-order valence-electron chi connectivity index (χ1n) is 12.1. The quantitative estimate of drug-likeness (QED) is 0.635. The van der Waals surface area contributed by atoms with E-state index in [0.29, 0.717) is 25.6 Å². The Morgan fingerprint density at radius 1 is 1.16 bits per heavy atom. The van der Waals surface area contributed by atoms with Gasteiger partial charge in [0.25, 0.3) is 0 Å². The summed E-state index contributed by atoms with van der Waals surface area (Å²) in [6, 6.07) is 6.53. The van der Waals surface area contributed by atoms with Crippen LogP contribution in [0.3, 0.4) is 0 Å². The van der Waals surface area contributed by atoms with E-state index in [1.165, 1.54) is 25.7 Å². The van der Waals surface area contributed by atoms with Gasteiger partial charge in [-0.15, -0.1) is 0 Å². The first-order chi connectivity index (χ1) is 15.5. The van der Waals surface area contributed by atoms with Crippen LogP contribution in [0.15, 0.2) is 18.2 Å². The van der Waals surface area contributed by atoms with Gasteiger partial charge in [-0.2, -0.15) is 0 Å². The van der Waals surface area contributed by atoms with Crippen LogP contribution in [0.25, 0.3) is 0 Å². The molecule has 2 aliphatic heterocycles. The number of methoxy groups -OCH3 is 1. The van der Waals surface area contributed by atoms with Gasteiger partial charge >= 0.3 is 0 Å². The number of carbonyl (C=O) groups is 2. The number of benzene rings is 1. The highest BCUT2D eigenvalue weighted by Crippen LogP contribution is 2.37. The normalized spacial score (nSPS) is 24.3. The molecule has 3 aliphatic rings. The summed E-state index contributed by atoms with van der Waals surface area (Å²) in [6.07, 6.45) is 8.64. The standard InChI is InChI=1S/C25H37N3O4/c1-27-13-5-6-20(27)11-12-26-24(29)17-28-16-19(15-25(28)30)18-9-10-22(31-2)23(14-18)32-21-7-3-4-8-21/h9-10,14,19-21H,3-8,11-13,15-17H2,1-2H3,(H,26,29). The summed E-state index contributed by atoms with van der Waals surface area (Å²) in [5, 5.41) is 3.00. The molecule has 176 valence electrons. The van der Waals surface area contributed by atoms with Gasteiger partial charge in [-0.3, -0.25) is 9.59 Å². The molecule has 0 spiro atoms. The Labute approximate surface area is 191 Å². The van der Waals surface area contributed by atoms with Crippen LogP contribution in [-0.4, -0.2) is 74.1 Å². The van der Waals surface area contributed by atoms with Crippen molar-refractivity contribution in [2.45, 2.75) is 69.4 Å². The predicted molar refractivity (Wildman–Crippen MR) is 123 cm³/mol. The summed E-state index contributed by atoms with van der Waals surface area (Å²) >= 11 is 0. The van der Waals surface area contributed by atoms with Crippen LogP contribution >= 0.6 is 0 Å². The average molecular weight is 444 g/mol. The van der Waals surface area contributed by atoms with Crippen molar-refractivity contribution < 1.29 is 19.1 Å². The average Bonchev–Trinajstić information content (AvgIpc) is 3.51. The predicted octanol–water partition coefficient (Wildman–Crippen LogP) is 2.93. The van der Waals surface area contributed by atoms with Crippen molar-refractivity contribution in [1.82, 2.24) is 15.1 Å². The molecule has 1 aliphatic carbocycles. The van der Waals surface area contributed by atoms with Crippen LogP contribution in [0.1, 0.15) is 62.8 Å². The van der Waals surface area contributed by atoms with Crippen molar-refractivity contribution in [2.75, 3.05) is 40.3 Å². The van der Waals surface area contributed by atoms with Crippen molar-refractivity contribution in [3.05, 3.63) is 23.8 Å². The van der Waals surface area contributed by atoms with Gasteiger partial charge in [0.05, 0.1) is 19.8 Å². The van der Waals surface area contributed by atoms with E-state index in [0.717, 1.165) is 42.9 Å². The van der Waals surface area contributed by atoms with Crippen molar-refractivity contribution in [3.63, 3.8) is 0 Å². The van der Waals surface area contributed by atoms with E-state index in [1.807, 2.05) is 18.2 Å². The van der Waals surface area contributed by atoms with E-state index in [9.17, 15) is 9.59 Å². The van der Waals surface area contributed by atoms with Crippen LogP contribution in [0, 0.1) is 0 Å². The molecule has 7 heteroatoms. The fourth-order valence-corrected chi connectivity index (χ4v) is 5.32. The Hall–Kier alpha value is -2.28. The zero-order valence-corrected chi connectivity index (χ0v) is 19.5. The molecule has 1 saturated carbocycles. The van der Waals surface area contributed by atoms with Crippen LogP contribution in [-0.2, 0) is 9.59 Å². The molecular formula is C25H37N3O4. The van der Waals surface area contributed by atoms with Crippen LogP contribution in [0.2, 0.25) is 0 Å². The Morgan fingerprint density at radius 2 is 1.97 bits per heavy atom. The molecule has 2 unspecified atom stereocenters. The second-order valence-corrected chi connectivity index (χ2v) is 9.53. The Bertz CT molecular complexity index is 808. The van der Waals surface area contributed by atoms with Crippen LogP contribution < -0.4 is 14.8 Å². The molecule has 0 aromatic heterocycles. The molecule has 1 N–H and O–H groups in total. The lowest BCUT2D eigenvalue weighted by molar-refractivity contribution is -0.133. The zero-order valence-electron chi connectivity index (χ0n) is 19.5. The van der Waals surface area contributed by atoms with Crippen LogP contribution in [0.5, 0.6) is 11.5 Å². The third kappa shape index (κ3) is 5.55. The Morgan fingerprint density at radius 3 is 2.69 bits per heavy atom. The van der Waals surface area contributed by atoms with E-state index < -0.39 is 0 Å². The van der Waals surface area contributed by atoms with Crippen molar-refractivity contribution in [3.8, 4) is 11.5 Å². The highest BCUT2D eigenvalue weighted by molar-refractivity contribution is 5.86. The molecule has 1 aromatic carbocycles. The lowest BCUT2D eigenvalue weighted by atomic mass is 9.98. The lowest BCUT2D eigenvalue weighted by Gasteiger charge is -2.20. The summed E-state index contributed by atoms with van der Waals surface area (Å²) in [5.41, 5.74) is 1.07. The maximum absolute atomic E-state index is 12.6. The number of hydrogen-bond acceptors (Lipinski definition) is 5. The van der Waals surface area contributed by atoms with Gasteiger partial charge < -0.3 is 24.6 Å². The number of likely N-dealkylation sites (tertiary alicyclic amines) is 2. The largest absolute Gasteiger partial charge is 0.493 e. The monoisotopic (exact) mass is 443 g/mol. The first kappa shape index (κ1) is 22.9. The number of nitrogens with zero attached hydrogens (tertiary/aromatic N) is 2. The molecule has 3 fully saturated rings. The van der Waals surface area contributed by atoms with E-state index in [-0.39, 0.29) is 30.4 Å². The van der Waals surface area contributed by atoms with Gasteiger partial charge in [-0.1, -0.05) is 6.07 Å². The van der Waals surface area contributed by atoms with E-state index in [4.69, 9.17) is 9.47 Å². The molecule has 4 rings (SSSR count). The molecule has 7 nitrogen and oxygen atoms in total. The fraction of sp³-hybridized carbons (Fsp3) is 0.680. The maximum atomic E-state index is 12.6. The molecule has 32 heavy (non-hydrogen) atoms. The van der Waals surface area contributed by atoms with E-state index in [2.05, 4.69) is 17.3 Å². The van der Waals surface area contributed by atoms with Gasteiger partial charge in [0.1, 0.15) is 0 Å². The van der Waals surface area contributed by atoms with Crippen molar-refractivity contribution in [1.29, 1.82) is 0 Å². The number of amides is 2. The smallest absolute Gasteiger partial charge is 0.239 e. The molecule has 1 aromatic rings. The van der Waals surface area contributed by atoms with E-state index in [1.54, 1.807) is 12.0 Å².